The molecule has 0 saturated carbocycles. The lowest BCUT2D eigenvalue weighted by atomic mass is 10.1. The molecular weight excluding hydrogens is 455 g/mol. The highest BCUT2D eigenvalue weighted by molar-refractivity contribution is 7.22. The van der Waals surface area contributed by atoms with Crippen molar-refractivity contribution in [3.63, 3.8) is 0 Å². The number of aromatic nitrogens is 2. The van der Waals surface area contributed by atoms with Gasteiger partial charge in [-0.1, -0.05) is 17.4 Å². The van der Waals surface area contributed by atoms with Crippen molar-refractivity contribution in [2.45, 2.75) is 13.0 Å². The Kier molecular flexibility index (Phi) is 5.93. The summed E-state index contributed by atoms with van der Waals surface area (Å²) in [6, 6.07) is 16.8. The summed E-state index contributed by atoms with van der Waals surface area (Å²) in [6.07, 6.45) is 1.75. The average molecular weight is 477 g/mol. The van der Waals surface area contributed by atoms with E-state index >= 15 is 0 Å². The lowest BCUT2D eigenvalue weighted by Gasteiger charge is -2.23. The van der Waals surface area contributed by atoms with Crippen molar-refractivity contribution in [1.29, 1.82) is 0 Å². The molecule has 0 radical (unpaired) electrons. The Labute approximate surface area is 199 Å². The molecule has 1 saturated heterocycles. The smallest absolute Gasteiger partial charge is 0.234 e. The Bertz CT molecular complexity index is 1340. The first kappa shape index (κ1) is 22.0. The summed E-state index contributed by atoms with van der Waals surface area (Å²) in [6.45, 7) is 0.457. The molecule has 1 atom stereocenters. The first-order chi connectivity index (χ1) is 16.5. The van der Waals surface area contributed by atoms with Crippen molar-refractivity contribution >= 4 is 44.2 Å². The Morgan fingerprint density at radius 3 is 2.76 bits per heavy atom. The van der Waals surface area contributed by atoms with Gasteiger partial charge in [0.1, 0.15) is 11.6 Å². The number of methoxy groups -OCH3 is 1. The Morgan fingerprint density at radius 1 is 1.21 bits per heavy atom. The standard InChI is InChI=1S/C25H21FN4O3S/c1-33-20-9-10-22-21(13-20)28-25(34-22)30(15-18-4-2-3-11-27-18)24(32)16-12-23(31)29(14-16)19-7-5-17(26)6-8-19/h2-11,13,16H,12,14-15H2,1H3. The molecule has 0 aliphatic carbocycles. The molecule has 2 aromatic carbocycles. The highest BCUT2D eigenvalue weighted by Gasteiger charge is 2.38. The maximum absolute atomic E-state index is 13.7. The van der Waals surface area contributed by atoms with Gasteiger partial charge in [-0.15, -0.1) is 0 Å². The maximum Gasteiger partial charge on any atom is 0.234 e. The summed E-state index contributed by atoms with van der Waals surface area (Å²) in [5.41, 5.74) is 2.02. The van der Waals surface area contributed by atoms with E-state index in [-0.39, 0.29) is 37.1 Å². The van der Waals surface area contributed by atoms with Crippen LogP contribution in [0.2, 0.25) is 0 Å². The molecule has 1 aliphatic heterocycles. The summed E-state index contributed by atoms with van der Waals surface area (Å²) in [7, 11) is 1.59. The quantitative estimate of drug-likeness (QED) is 0.412. The zero-order valence-corrected chi connectivity index (χ0v) is 19.2. The zero-order valence-electron chi connectivity index (χ0n) is 18.3. The molecule has 3 heterocycles. The topological polar surface area (TPSA) is 75.6 Å². The van der Waals surface area contributed by atoms with E-state index in [1.807, 2.05) is 36.4 Å². The number of halogens is 1. The van der Waals surface area contributed by atoms with Gasteiger partial charge >= 0.3 is 0 Å². The SMILES string of the molecule is COc1ccc2sc(N(Cc3ccccn3)C(=O)C3CC(=O)N(c4ccc(F)cc4)C3)nc2c1. The molecule has 0 spiro atoms. The van der Waals surface area contributed by atoms with Gasteiger partial charge in [0.05, 0.1) is 35.5 Å². The fourth-order valence-corrected chi connectivity index (χ4v) is 4.95. The van der Waals surface area contributed by atoms with E-state index in [4.69, 9.17) is 9.72 Å². The fraction of sp³-hybridized carbons (Fsp3) is 0.200. The fourth-order valence-electron chi connectivity index (χ4n) is 3.99. The van der Waals surface area contributed by atoms with Crippen LogP contribution in [0, 0.1) is 11.7 Å². The van der Waals surface area contributed by atoms with Gasteiger partial charge in [-0.3, -0.25) is 19.5 Å². The van der Waals surface area contributed by atoms with E-state index < -0.39 is 5.92 Å². The maximum atomic E-state index is 13.7. The number of benzene rings is 2. The molecule has 7 nitrogen and oxygen atoms in total. The minimum Gasteiger partial charge on any atom is -0.497 e. The van der Waals surface area contributed by atoms with Gasteiger partial charge in [-0.25, -0.2) is 9.37 Å². The van der Waals surface area contributed by atoms with Gasteiger partial charge in [0.2, 0.25) is 11.8 Å². The molecule has 2 aromatic heterocycles. The van der Waals surface area contributed by atoms with Crippen molar-refractivity contribution in [3.8, 4) is 5.75 Å². The van der Waals surface area contributed by atoms with Crippen LogP contribution in [0.3, 0.4) is 0 Å². The molecule has 1 fully saturated rings. The molecule has 2 amide bonds. The van der Waals surface area contributed by atoms with Crippen LogP contribution in [-0.4, -0.2) is 35.4 Å². The van der Waals surface area contributed by atoms with E-state index in [1.165, 1.54) is 28.4 Å². The van der Waals surface area contributed by atoms with E-state index in [9.17, 15) is 14.0 Å². The second kappa shape index (κ2) is 9.18. The van der Waals surface area contributed by atoms with Crippen LogP contribution in [-0.2, 0) is 16.1 Å². The molecule has 1 aliphatic rings. The second-order valence-electron chi connectivity index (χ2n) is 7.96. The molecule has 172 valence electrons. The average Bonchev–Trinajstić information content (AvgIpc) is 3.46. The summed E-state index contributed by atoms with van der Waals surface area (Å²) >= 11 is 1.40. The monoisotopic (exact) mass is 476 g/mol. The third-order valence-electron chi connectivity index (χ3n) is 5.74. The van der Waals surface area contributed by atoms with E-state index in [0.29, 0.717) is 22.3 Å². The van der Waals surface area contributed by atoms with E-state index in [0.717, 1.165) is 10.2 Å². The largest absolute Gasteiger partial charge is 0.497 e. The van der Waals surface area contributed by atoms with Crippen molar-refractivity contribution in [1.82, 2.24) is 9.97 Å². The van der Waals surface area contributed by atoms with Gasteiger partial charge < -0.3 is 9.64 Å². The van der Waals surface area contributed by atoms with Gasteiger partial charge in [0.15, 0.2) is 5.13 Å². The van der Waals surface area contributed by atoms with E-state index in [2.05, 4.69) is 4.98 Å². The first-order valence-electron chi connectivity index (χ1n) is 10.7. The van der Waals surface area contributed by atoms with Gasteiger partial charge in [0, 0.05) is 30.9 Å². The third kappa shape index (κ3) is 4.34. The molecule has 5 rings (SSSR count). The summed E-state index contributed by atoms with van der Waals surface area (Å²) in [4.78, 5) is 38.7. The number of carbonyl (C=O) groups excluding carboxylic acids is 2. The molecule has 1 unspecified atom stereocenters. The lowest BCUT2D eigenvalue weighted by Crippen LogP contribution is -2.37. The van der Waals surface area contributed by atoms with Gasteiger partial charge in [-0.2, -0.15) is 0 Å². The highest BCUT2D eigenvalue weighted by Crippen LogP contribution is 2.34. The van der Waals surface area contributed by atoms with Crippen molar-refractivity contribution in [2.75, 3.05) is 23.5 Å². The first-order valence-corrected chi connectivity index (χ1v) is 11.6. The molecule has 34 heavy (non-hydrogen) atoms. The van der Waals surface area contributed by atoms with Crippen LogP contribution >= 0.6 is 11.3 Å². The van der Waals surface area contributed by atoms with E-state index in [1.54, 1.807) is 30.3 Å². The molecular formula is C25H21FN4O3S. The summed E-state index contributed by atoms with van der Waals surface area (Å²) in [5, 5.41) is 0.534. The third-order valence-corrected chi connectivity index (χ3v) is 6.80. The van der Waals surface area contributed by atoms with Crippen molar-refractivity contribution in [2.24, 2.45) is 5.92 Å². The number of pyridine rings is 1. The number of nitrogens with zero attached hydrogens (tertiary/aromatic N) is 4. The summed E-state index contributed by atoms with van der Waals surface area (Å²) in [5.74, 6) is -0.616. The predicted octanol–water partition coefficient (Wildman–Crippen LogP) is 4.43. The van der Waals surface area contributed by atoms with Gasteiger partial charge in [-0.05, 0) is 48.5 Å². The Morgan fingerprint density at radius 2 is 2.03 bits per heavy atom. The number of hydrogen-bond acceptors (Lipinski definition) is 6. The normalized spacial score (nSPS) is 15.6. The molecule has 0 N–H and O–H groups in total. The van der Waals surface area contributed by atoms with Crippen molar-refractivity contribution in [3.05, 3.63) is 78.4 Å². The van der Waals surface area contributed by atoms with Crippen LogP contribution in [0.5, 0.6) is 5.75 Å². The number of rotatable bonds is 6. The van der Waals surface area contributed by atoms with Crippen molar-refractivity contribution < 1.29 is 18.7 Å². The van der Waals surface area contributed by atoms with Crippen LogP contribution < -0.4 is 14.5 Å². The number of anilines is 2. The van der Waals surface area contributed by atoms with Crippen LogP contribution in [0.25, 0.3) is 10.2 Å². The number of carbonyl (C=O) groups is 2. The minimum absolute atomic E-state index is 0.0770. The molecule has 0 bridgehead atoms. The zero-order chi connectivity index (χ0) is 23.7. The second-order valence-corrected chi connectivity index (χ2v) is 8.97. The number of fused-ring (bicyclic) bond motifs is 1. The number of thiazole rings is 1. The molecule has 4 aromatic rings. The van der Waals surface area contributed by atoms with Crippen LogP contribution in [0.1, 0.15) is 12.1 Å². The predicted molar refractivity (Wildman–Crippen MR) is 128 cm³/mol. The highest BCUT2D eigenvalue weighted by atomic mass is 32.1. The lowest BCUT2D eigenvalue weighted by molar-refractivity contribution is -0.124. The number of hydrogen-bond donors (Lipinski definition) is 0. The number of ether oxygens (including phenoxy) is 1. The Balaban J connectivity index is 1.46. The van der Waals surface area contributed by atoms with Crippen LogP contribution in [0.4, 0.5) is 15.2 Å². The summed E-state index contributed by atoms with van der Waals surface area (Å²) < 4.78 is 19.5. The Hall–Kier alpha value is -3.85. The van der Waals surface area contributed by atoms with Crippen LogP contribution in [0.15, 0.2) is 66.9 Å². The number of amides is 2. The van der Waals surface area contributed by atoms with Gasteiger partial charge in [0.25, 0.3) is 0 Å². The minimum atomic E-state index is -0.553. The molecule has 9 heteroatoms.